The first-order chi connectivity index (χ1) is 12.6. The molecule has 9 nitrogen and oxygen atoms in total. The monoisotopic (exact) mass is 387 g/mol. The molecule has 4 heterocycles. The maximum absolute atomic E-state index is 12.6. The highest BCUT2D eigenvalue weighted by Gasteiger charge is 2.27. The van der Waals surface area contributed by atoms with E-state index in [0.29, 0.717) is 35.2 Å². The second kappa shape index (κ2) is 6.84. The van der Waals surface area contributed by atoms with E-state index in [1.165, 1.54) is 29.9 Å². The van der Waals surface area contributed by atoms with Crippen molar-refractivity contribution in [3.8, 4) is 0 Å². The van der Waals surface area contributed by atoms with Crippen molar-refractivity contribution < 1.29 is 9.59 Å². The summed E-state index contributed by atoms with van der Waals surface area (Å²) in [6.45, 7) is 2.81. The van der Waals surface area contributed by atoms with Gasteiger partial charge in [-0.05, 0) is 18.5 Å². The van der Waals surface area contributed by atoms with Gasteiger partial charge in [-0.15, -0.1) is 5.10 Å². The zero-order valence-electron chi connectivity index (χ0n) is 13.7. The first-order valence-corrected chi connectivity index (χ1v) is 9.35. The Bertz CT molecular complexity index is 970. The molecule has 0 unspecified atom stereocenters. The predicted octanol–water partition coefficient (Wildman–Crippen LogP) is 1.54. The summed E-state index contributed by atoms with van der Waals surface area (Å²) in [4.78, 5) is 40.4. The molecule has 4 rings (SSSR count). The van der Waals surface area contributed by atoms with Gasteiger partial charge in [0.25, 0.3) is 11.8 Å². The van der Waals surface area contributed by atoms with Gasteiger partial charge in [0.05, 0.1) is 24.1 Å². The van der Waals surface area contributed by atoms with Crippen LogP contribution in [0.4, 0.5) is 5.13 Å². The molecular formula is C15H13N7O2S2. The van der Waals surface area contributed by atoms with E-state index in [-0.39, 0.29) is 17.5 Å². The largest absolute Gasteiger partial charge is 0.332 e. The zero-order valence-corrected chi connectivity index (χ0v) is 15.3. The smallest absolute Gasteiger partial charge is 0.277 e. The highest BCUT2D eigenvalue weighted by Crippen LogP contribution is 2.29. The van der Waals surface area contributed by atoms with Crippen molar-refractivity contribution in [2.75, 3.05) is 11.9 Å². The van der Waals surface area contributed by atoms with Gasteiger partial charge in [-0.2, -0.15) is 0 Å². The number of nitrogens with zero attached hydrogens (tertiary/aromatic N) is 6. The van der Waals surface area contributed by atoms with E-state index < -0.39 is 0 Å². The molecule has 0 spiro atoms. The fraction of sp³-hybridized carbons (Fsp3) is 0.267. The van der Waals surface area contributed by atoms with Crippen LogP contribution in [0.3, 0.4) is 0 Å². The number of thiazole rings is 1. The number of fused-ring (bicyclic) bond motifs is 1. The summed E-state index contributed by atoms with van der Waals surface area (Å²) in [5.41, 5.74) is 1.78. The number of aromatic nitrogens is 5. The third-order valence-corrected chi connectivity index (χ3v) is 5.69. The minimum atomic E-state index is -0.358. The maximum Gasteiger partial charge on any atom is 0.277 e. The molecule has 0 saturated carbocycles. The molecule has 26 heavy (non-hydrogen) atoms. The van der Waals surface area contributed by atoms with Crippen LogP contribution in [0.5, 0.6) is 0 Å². The van der Waals surface area contributed by atoms with E-state index >= 15 is 0 Å². The Kier molecular flexibility index (Phi) is 4.39. The van der Waals surface area contributed by atoms with Gasteiger partial charge >= 0.3 is 0 Å². The number of carbonyl (C=O) groups is 2. The quantitative estimate of drug-likeness (QED) is 0.725. The van der Waals surface area contributed by atoms with Gasteiger partial charge in [-0.3, -0.25) is 19.9 Å². The van der Waals surface area contributed by atoms with Gasteiger partial charge in [-0.25, -0.2) is 9.97 Å². The van der Waals surface area contributed by atoms with Gasteiger partial charge in [0.1, 0.15) is 10.6 Å². The molecule has 3 aromatic heterocycles. The minimum absolute atomic E-state index is 0.0679. The van der Waals surface area contributed by atoms with Crippen molar-refractivity contribution >= 4 is 39.8 Å². The van der Waals surface area contributed by atoms with E-state index in [4.69, 9.17) is 0 Å². The number of carbonyl (C=O) groups excluding carboxylic acids is 2. The molecule has 0 radical (unpaired) electrons. The Labute approximate surface area is 156 Å². The first-order valence-electron chi connectivity index (χ1n) is 7.76. The summed E-state index contributed by atoms with van der Waals surface area (Å²) in [6, 6.07) is 0. The number of anilines is 1. The number of hydrogen-bond donors (Lipinski definition) is 1. The standard InChI is InChI=1S/C15H13N7O2S2/c1-8-12(26-21-20-8)14(24)22-5-2-9-11(7-22)25-15(18-9)19-13(23)10-6-16-3-4-17-10/h3-4,6H,2,5,7H2,1H3,(H,18,19,23). The SMILES string of the molecule is Cc1nnsc1C(=O)N1CCc2nc(NC(=O)c3cnccn3)sc2C1. The number of hydrogen-bond acceptors (Lipinski definition) is 9. The van der Waals surface area contributed by atoms with E-state index in [0.717, 1.165) is 22.1 Å². The summed E-state index contributed by atoms with van der Waals surface area (Å²) in [5, 5.41) is 7.13. The minimum Gasteiger partial charge on any atom is -0.332 e. The molecule has 0 fully saturated rings. The molecule has 1 N–H and O–H groups in total. The third kappa shape index (κ3) is 3.18. The van der Waals surface area contributed by atoms with Crippen LogP contribution >= 0.6 is 22.9 Å². The van der Waals surface area contributed by atoms with Crippen molar-refractivity contribution in [3.63, 3.8) is 0 Å². The van der Waals surface area contributed by atoms with Gasteiger partial charge in [0.15, 0.2) is 5.13 Å². The van der Waals surface area contributed by atoms with Gasteiger partial charge in [0.2, 0.25) is 0 Å². The van der Waals surface area contributed by atoms with Crippen LogP contribution in [0.1, 0.15) is 36.4 Å². The normalized spacial score (nSPS) is 13.3. The Morgan fingerprint density at radius 1 is 1.31 bits per heavy atom. The van der Waals surface area contributed by atoms with Crippen LogP contribution in [0.2, 0.25) is 0 Å². The molecule has 3 aromatic rings. The number of aryl methyl sites for hydroxylation is 1. The molecule has 132 valence electrons. The predicted molar refractivity (Wildman–Crippen MR) is 95.2 cm³/mol. The highest BCUT2D eigenvalue weighted by atomic mass is 32.1. The number of amides is 2. The van der Waals surface area contributed by atoms with E-state index in [1.54, 1.807) is 11.8 Å². The first kappa shape index (κ1) is 16.7. The fourth-order valence-electron chi connectivity index (χ4n) is 2.57. The molecule has 1 aliphatic rings. The topological polar surface area (TPSA) is 114 Å². The highest BCUT2D eigenvalue weighted by molar-refractivity contribution is 7.16. The summed E-state index contributed by atoms with van der Waals surface area (Å²) in [7, 11) is 0. The fourth-order valence-corrected chi connectivity index (χ4v) is 4.22. The van der Waals surface area contributed by atoms with Crippen LogP contribution in [0, 0.1) is 6.92 Å². The molecule has 0 atom stereocenters. The van der Waals surface area contributed by atoms with Crippen molar-refractivity contribution in [1.82, 2.24) is 29.4 Å². The second-order valence-corrected chi connectivity index (χ2v) is 7.44. The van der Waals surface area contributed by atoms with Crippen LogP contribution in [0.25, 0.3) is 0 Å². The molecule has 1 aliphatic heterocycles. The number of rotatable bonds is 3. The average Bonchev–Trinajstić information content (AvgIpc) is 3.26. The third-order valence-electron chi connectivity index (χ3n) is 3.88. The van der Waals surface area contributed by atoms with Crippen molar-refractivity contribution in [2.24, 2.45) is 0 Å². The van der Waals surface area contributed by atoms with Gasteiger partial charge in [-0.1, -0.05) is 15.8 Å². The van der Waals surface area contributed by atoms with Crippen LogP contribution in [0.15, 0.2) is 18.6 Å². The molecule has 0 bridgehead atoms. The maximum atomic E-state index is 12.6. The van der Waals surface area contributed by atoms with E-state index in [1.807, 2.05) is 0 Å². The lowest BCUT2D eigenvalue weighted by atomic mass is 10.1. The summed E-state index contributed by atoms with van der Waals surface area (Å²) >= 11 is 2.48. The molecule has 2 amide bonds. The van der Waals surface area contributed by atoms with Crippen LogP contribution in [-0.2, 0) is 13.0 Å². The van der Waals surface area contributed by atoms with Gasteiger partial charge in [0, 0.05) is 30.2 Å². The van der Waals surface area contributed by atoms with Crippen molar-refractivity contribution in [2.45, 2.75) is 19.9 Å². The second-order valence-electron chi connectivity index (χ2n) is 5.60. The Balaban J connectivity index is 1.48. The van der Waals surface area contributed by atoms with E-state index in [2.05, 4.69) is 29.9 Å². The Hall–Kier alpha value is -2.79. The lowest BCUT2D eigenvalue weighted by Gasteiger charge is -2.25. The van der Waals surface area contributed by atoms with Crippen molar-refractivity contribution in [3.05, 3.63) is 45.4 Å². The summed E-state index contributed by atoms with van der Waals surface area (Å²) < 4.78 is 3.82. The molecule has 11 heteroatoms. The molecular weight excluding hydrogens is 374 g/mol. The molecule has 0 saturated heterocycles. The van der Waals surface area contributed by atoms with Crippen LogP contribution < -0.4 is 5.32 Å². The summed E-state index contributed by atoms with van der Waals surface area (Å²) in [6.07, 6.45) is 5.00. The van der Waals surface area contributed by atoms with E-state index in [9.17, 15) is 9.59 Å². The number of nitrogens with one attached hydrogen (secondary N) is 1. The van der Waals surface area contributed by atoms with Crippen molar-refractivity contribution in [1.29, 1.82) is 0 Å². The Morgan fingerprint density at radius 2 is 2.19 bits per heavy atom. The van der Waals surface area contributed by atoms with Crippen LogP contribution in [-0.4, -0.2) is 47.8 Å². The average molecular weight is 387 g/mol. The Morgan fingerprint density at radius 3 is 2.92 bits per heavy atom. The lowest BCUT2D eigenvalue weighted by Crippen LogP contribution is -2.35. The lowest BCUT2D eigenvalue weighted by molar-refractivity contribution is 0.0740. The molecule has 0 aliphatic carbocycles. The molecule has 0 aromatic carbocycles. The van der Waals surface area contributed by atoms with Gasteiger partial charge < -0.3 is 4.90 Å². The zero-order chi connectivity index (χ0) is 18.1. The summed E-state index contributed by atoms with van der Waals surface area (Å²) in [5.74, 6) is -0.426.